The fourth-order valence-electron chi connectivity index (χ4n) is 3.56. The molecule has 0 bridgehead atoms. The Balaban J connectivity index is 1.67. The van der Waals surface area contributed by atoms with Crippen LogP contribution in [0.1, 0.15) is 41.2 Å². The minimum absolute atomic E-state index is 0.0209. The molecule has 1 aliphatic rings. The first-order chi connectivity index (χ1) is 13.9. The van der Waals surface area contributed by atoms with Crippen molar-refractivity contribution in [3.05, 3.63) is 69.7 Å². The van der Waals surface area contributed by atoms with E-state index in [4.69, 9.17) is 16.3 Å². The molecule has 0 aromatic heterocycles. The number of hydrogen-bond donors (Lipinski definition) is 2. The zero-order chi connectivity index (χ0) is 20.8. The molecule has 1 aliphatic heterocycles. The highest BCUT2D eigenvalue weighted by Gasteiger charge is 2.29. The third kappa shape index (κ3) is 6.46. The number of ether oxygens (including phenoxy) is 2. The van der Waals surface area contributed by atoms with E-state index in [2.05, 4.69) is 4.74 Å². The summed E-state index contributed by atoms with van der Waals surface area (Å²) in [7, 11) is 0. The number of aliphatic hydroxyl groups is 2. The monoisotopic (exact) mass is 426 g/mol. The minimum Gasteiger partial charge on any atom is -0.394 e. The lowest BCUT2D eigenvalue weighted by Crippen LogP contribution is -2.33. The van der Waals surface area contributed by atoms with Crippen molar-refractivity contribution in [3.8, 4) is 0 Å². The maximum absolute atomic E-state index is 12.0. The number of aliphatic hydroxyl groups excluding tert-OH is 2. The van der Waals surface area contributed by atoms with Crippen molar-refractivity contribution >= 4 is 11.6 Å². The van der Waals surface area contributed by atoms with Crippen molar-refractivity contribution in [2.24, 2.45) is 0 Å². The van der Waals surface area contributed by atoms with Crippen LogP contribution < -0.4 is 0 Å². The Hall–Kier alpha value is -1.57. The summed E-state index contributed by atoms with van der Waals surface area (Å²) in [6, 6.07) is 13.4. The van der Waals surface area contributed by atoms with Gasteiger partial charge in [0.05, 0.1) is 31.5 Å². The van der Waals surface area contributed by atoms with Crippen LogP contribution in [0, 0.1) is 0 Å². The number of benzene rings is 2. The van der Waals surface area contributed by atoms with Crippen LogP contribution in [0.15, 0.2) is 42.5 Å². The van der Waals surface area contributed by atoms with Crippen molar-refractivity contribution in [2.75, 3.05) is 13.2 Å². The molecule has 0 spiro atoms. The Kier molecular flexibility index (Phi) is 7.98. The summed E-state index contributed by atoms with van der Waals surface area (Å²) in [5, 5.41) is 20.1. The third-order valence-corrected chi connectivity index (χ3v) is 5.44. The van der Waals surface area contributed by atoms with Gasteiger partial charge in [0.2, 0.25) is 0 Å². The van der Waals surface area contributed by atoms with Crippen LogP contribution in [0.4, 0.5) is 8.78 Å². The molecule has 0 radical (unpaired) electrons. The van der Waals surface area contributed by atoms with Crippen LogP contribution in [-0.2, 0) is 22.3 Å². The van der Waals surface area contributed by atoms with Gasteiger partial charge in [-0.1, -0.05) is 48.0 Å². The predicted octanol–water partition coefficient (Wildman–Crippen LogP) is 4.29. The van der Waals surface area contributed by atoms with Crippen LogP contribution in [0.3, 0.4) is 0 Å². The molecule has 3 unspecified atom stereocenters. The van der Waals surface area contributed by atoms with Gasteiger partial charge in [0.15, 0.2) is 0 Å². The van der Waals surface area contributed by atoms with Crippen LogP contribution in [0.2, 0.25) is 5.02 Å². The maximum Gasteiger partial charge on any atom is 0.345 e. The highest BCUT2D eigenvalue weighted by molar-refractivity contribution is 6.31. The van der Waals surface area contributed by atoms with Gasteiger partial charge < -0.3 is 19.7 Å². The van der Waals surface area contributed by atoms with Crippen LogP contribution in [0.25, 0.3) is 0 Å². The summed E-state index contributed by atoms with van der Waals surface area (Å²) in [4.78, 5) is 0. The lowest BCUT2D eigenvalue weighted by molar-refractivity contribution is -0.127. The van der Waals surface area contributed by atoms with Crippen molar-refractivity contribution in [1.29, 1.82) is 0 Å². The third-order valence-electron chi connectivity index (χ3n) is 5.08. The maximum atomic E-state index is 12.0. The summed E-state index contributed by atoms with van der Waals surface area (Å²) >= 11 is 6.38. The lowest BCUT2D eigenvalue weighted by atomic mass is 9.94. The Bertz CT molecular complexity index is 785. The molecule has 0 amide bonds. The Morgan fingerprint density at radius 1 is 1.10 bits per heavy atom. The molecule has 7 heteroatoms. The van der Waals surface area contributed by atoms with Gasteiger partial charge in [-0.2, -0.15) is 8.78 Å². The van der Waals surface area contributed by atoms with Crippen molar-refractivity contribution < 1.29 is 28.5 Å². The predicted molar refractivity (Wildman–Crippen MR) is 106 cm³/mol. The lowest BCUT2D eigenvalue weighted by Gasteiger charge is -2.32. The van der Waals surface area contributed by atoms with E-state index in [0.29, 0.717) is 30.7 Å². The molecule has 2 aromatic rings. The smallest absolute Gasteiger partial charge is 0.345 e. The summed E-state index contributed by atoms with van der Waals surface area (Å²) in [6.45, 7) is -2.89. The SMILES string of the molecule is OCC1CC(O)CC(c2ccc(Cl)c(Cc3ccc(CCOC(F)F)cc3)c2)O1. The second-order valence-electron chi connectivity index (χ2n) is 7.28. The molecule has 3 atom stereocenters. The van der Waals surface area contributed by atoms with E-state index in [-0.39, 0.29) is 25.4 Å². The fourth-order valence-corrected chi connectivity index (χ4v) is 3.75. The van der Waals surface area contributed by atoms with E-state index in [1.165, 1.54) is 0 Å². The summed E-state index contributed by atoms with van der Waals surface area (Å²) in [6.07, 6.45) is 0.780. The van der Waals surface area contributed by atoms with E-state index < -0.39 is 12.7 Å². The molecular formula is C22H25ClF2O4. The second kappa shape index (κ2) is 10.5. The summed E-state index contributed by atoms with van der Waals surface area (Å²) in [5.41, 5.74) is 3.82. The standard InChI is InChI=1S/C22H25ClF2O4/c23-20-6-5-16(21-12-18(27)11-19(13-26)29-21)10-17(20)9-15-3-1-14(2-4-15)7-8-28-22(24)25/h1-6,10,18-19,21-22,26-27H,7-9,11-13H2. The zero-order valence-corrected chi connectivity index (χ0v) is 16.7. The topological polar surface area (TPSA) is 58.9 Å². The minimum atomic E-state index is -2.74. The van der Waals surface area contributed by atoms with E-state index in [1.807, 2.05) is 42.5 Å². The first-order valence-corrected chi connectivity index (χ1v) is 10.0. The number of rotatable bonds is 8. The molecule has 158 valence electrons. The van der Waals surface area contributed by atoms with Crippen molar-refractivity contribution in [1.82, 2.24) is 0 Å². The van der Waals surface area contributed by atoms with Crippen molar-refractivity contribution in [3.63, 3.8) is 0 Å². The summed E-state index contributed by atoms with van der Waals surface area (Å²) < 4.78 is 34.3. The molecule has 1 heterocycles. The molecule has 29 heavy (non-hydrogen) atoms. The van der Waals surface area contributed by atoms with E-state index in [0.717, 1.165) is 22.3 Å². The number of hydrogen-bond acceptors (Lipinski definition) is 4. The average molecular weight is 427 g/mol. The zero-order valence-electron chi connectivity index (χ0n) is 15.9. The Morgan fingerprint density at radius 2 is 1.83 bits per heavy atom. The van der Waals surface area contributed by atoms with Gasteiger partial charge in [-0.15, -0.1) is 0 Å². The fraction of sp³-hybridized carbons (Fsp3) is 0.455. The molecule has 0 aliphatic carbocycles. The van der Waals surface area contributed by atoms with Gasteiger partial charge >= 0.3 is 6.61 Å². The summed E-state index contributed by atoms with van der Waals surface area (Å²) in [5.74, 6) is 0. The van der Waals surface area contributed by atoms with E-state index in [9.17, 15) is 19.0 Å². The van der Waals surface area contributed by atoms with Crippen LogP contribution in [0.5, 0.6) is 0 Å². The average Bonchev–Trinajstić information content (AvgIpc) is 2.70. The van der Waals surface area contributed by atoms with Gasteiger partial charge in [-0.3, -0.25) is 0 Å². The largest absolute Gasteiger partial charge is 0.394 e. The quantitative estimate of drug-likeness (QED) is 0.661. The van der Waals surface area contributed by atoms with Gasteiger partial charge in [0.25, 0.3) is 0 Å². The van der Waals surface area contributed by atoms with Gasteiger partial charge in [0.1, 0.15) is 0 Å². The number of halogens is 3. The van der Waals surface area contributed by atoms with Gasteiger partial charge in [-0.05, 0) is 41.2 Å². The van der Waals surface area contributed by atoms with Gasteiger partial charge in [-0.25, -0.2) is 0 Å². The normalized spacial score (nSPS) is 22.2. The molecule has 1 saturated heterocycles. The highest BCUT2D eigenvalue weighted by atomic mass is 35.5. The van der Waals surface area contributed by atoms with Crippen LogP contribution >= 0.6 is 11.6 Å². The molecule has 2 aromatic carbocycles. The first-order valence-electron chi connectivity index (χ1n) is 9.65. The second-order valence-corrected chi connectivity index (χ2v) is 7.69. The van der Waals surface area contributed by atoms with Gasteiger partial charge in [0, 0.05) is 17.9 Å². The molecule has 2 N–H and O–H groups in total. The molecule has 4 nitrogen and oxygen atoms in total. The molecule has 1 fully saturated rings. The molecule has 0 saturated carbocycles. The molecule has 3 rings (SSSR count). The van der Waals surface area contributed by atoms with Crippen LogP contribution in [-0.4, -0.2) is 42.2 Å². The Morgan fingerprint density at radius 3 is 2.52 bits per heavy atom. The van der Waals surface area contributed by atoms with Crippen molar-refractivity contribution in [2.45, 2.75) is 50.6 Å². The molecular weight excluding hydrogens is 402 g/mol. The first kappa shape index (κ1) is 22.1. The highest BCUT2D eigenvalue weighted by Crippen LogP contribution is 2.33. The van der Waals surface area contributed by atoms with E-state index in [1.54, 1.807) is 0 Å². The number of alkyl halides is 2. The van der Waals surface area contributed by atoms with E-state index >= 15 is 0 Å². The Labute approximate surface area is 174 Å².